The van der Waals surface area contributed by atoms with Gasteiger partial charge >= 0.3 is 6.18 Å². The number of aryl methyl sites for hydroxylation is 1. The molecule has 2 heterocycles. The van der Waals surface area contributed by atoms with Gasteiger partial charge in [-0.25, -0.2) is 0 Å². The highest BCUT2D eigenvalue weighted by Crippen LogP contribution is 2.20. The normalized spacial score (nSPS) is 20.7. The zero-order valence-corrected chi connectivity index (χ0v) is 17.2. The summed E-state index contributed by atoms with van der Waals surface area (Å²) in [5.74, 6) is -0.0564. The Kier molecular flexibility index (Phi) is 7.55. The van der Waals surface area contributed by atoms with Gasteiger partial charge in [0.2, 0.25) is 5.91 Å². The van der Waals surface area contributed by atoms with Gasteiger partial charge in [-0.05, 0) is 43.4 Å². The topological polar surface area (TPSA) is 66.5 Å². The zero-order valence-electron chi connectivity index (χ0n) is 17.2. The smallest absolute Gasteiger partial charge is 0.422 e. The van der Waals surface area contributed by atoms with Crippen molar-refractivity contribution in [3.63, 3.8) is 0 Å². The first-order valence-corrected chi connectivity index (χ1v) is 10.2. The minimum atomic E-state index is -4.42. The van der Waals surface area contributed by atoms with Crippen molar-refractivity contribution in [2.75, 3.05) is 13.2 Å². The third-order valence-electron chi connectivity index (χ3n) is 5.01. The Labute approximate surface area is 179 Å². The van der Waals surface area contributed by atoms with E-state index in [-0.39, 0.29) is 24.3 Å². The third kappa shape index (κ3) is 7.31. The van der Waals surface area contributed by atoms with Gasteiger partial charge in [0.25, 0.3) is 0 Å². The van der Waals surface area contributed by atoms with Gasteiger partial charge in [0.1, 0.15) is 5.76 Å². The van der Waals surface area contributed by atoms with E-state index in [0.29, 0.717) is 31.3 Å². The maximum Gasteiger partial charge on any atom is 0.422 e. The molecule has 0 fully saturated rings. The Hall–Kier alpha value is -3.03. The molecule has 2 aromatic rings. The molecule has 0 aliphatic carbocycles. The van der Waals surface area contributed by atoms with E-state index in [9.17, 15) is 18.0 Å². The molecule has 0 radical (unpaired) electrons. The number of allylic oxidation sites excluding steroid dienone is 3. The molecule has 3 rings (SSSR count). The van der Waals surface area contributed by atoms with E-state index in [0.717, 1.165) is 22.9 Å². The van der Waals surface area contributed by atoms with E-state index in [2.05, 4.69) is 21.9 Å². The zero-order chi connectivity index (χ0) is 22.3. The van der Waals surface area contributed by atoms with Crippen LogP contribution in [0.15, 0.2) is 59.4 Å². The summed E-state index contributed by atoms with van der Waals surface area (Å²) < 4.78 is 42.1. The maximum atomic E-state index is 12.5. The lowest BCUT2D eigenvalue weighted by atomic mass is 10.0. The number of hydrogen-bond donors (Lipinski definition) is 2. The lowest BCUT2D eigenvalue weighted by molar-refractivity contribution is -0.163. The van der Waals surface area contributed by atoms with Gasteiger partial charge in [-0.15, -0.1) is 0 Å². The number of aromatic nitrogens is 1. The van der Waals surface area contributed by atoms with Crippen molar-refractivity contribution in [1.82, 2.24) is 10.3 Å². The summed E-state index contributed by atoms with van der Waals surface area (Å²) in [7, 11) is 0. The number of ether oxygens (including phenoxy) is 1. The largest absolute Gasteiger partial charge is 0.483 e. The van der Waals surface area contributed by atoms with Gasteiger partial charge in [-0.2, -0.15) is 13.2 Å². The number of H-pyrrole nitrogens is 1. The van der Waals surface area contributed by atoms with Crippen LogP contribution in [-0.4, -0.2) is 42.5 Å². The third-order valence-corrected chi connectivity index (χ3v) is 5.01. The van der Waals surface area contributed by atoms with Crippen molar-refractivity contribution in [2.24, 2.45) is 4.99 Å². The Morgan fingerprint density at radius 1 is 1.32 bits per heavy atom. The van der Waals surface area contributed by atoms with Crippen molar-refractivity contribution in [3.05, 3.63) is 60.0 Å². The second kappa shape index (κ2) is 10.3. The molecule has 0 saturated carbocycles. The summed E-state index contributed by atoms with van der Waals surface area (Å²) in [5, 5.41) is 4.11. The second-order valence-corrected chi connectivity index (χ2v) is 7.62. The number of hydrogen-bond acceptors (Lipinski definition) is 3. The summed E-state index contributed by atoms with van der Waals surface area (Å²) in [6, 6.07) is 7.74. The average molecular weight is 433 g/mol. The van der Waals surface area contributed by atoms with E-state index < -0.39 is 12.8 Å². The number of para-hydroxylation sites is 1. The standard InChI is InChI=1S/C23H26F3N3O2/c1-16-5-4-6-18(13-27-14-19(11-16)31-15-23(24,25)26)29-22(30)10-9-17-12-28-21-8-3-2-7-20(17)21/h2-3,7-8,11-12,14,18,28H,1,4-6,9-10,13,15H2,(H,29,30)/b19-11+,27-14-. The van der Waals surface area contributed by atoms with Gasteiger partial charge in [0, 0.05) is 29.6 Å². The number of amides is 1. The molecule has 0 spiro atoms. The fourth-order valence-corrected chi connectivity index (χ4v) is 3.50. The highest BCUT2D eigenvalue weighted by molar-refractivity contribution is 5.84. The minimum absolute atomic E-state index is 0.0219. The molecule has 1 aromatic carbocycles. The molecule has 1 aliphatic rings. The first kappa shape index (κ1) is 22.7. The van der Waals surface area contributed by atoms with Gasteiger partial charge in [-0.1, -0.05) is 30.4 Å². The molecule has 8 heteroatoms. The van der Waals surface area contributed by atoms with Crippen LogP contribution in [0.3, 0.4) is 0 Å². The fraction of sp³-hybridized carbons (Fsp3) is 0.391. The van der Waals surface area contributed by atoms with Crippen molar-refractivity contribution in [1.29, 1.82) is 0 Å². The second-order valence-electron chi connectivity index (χ2n) is 7.62. The lowest BCUT2D eigenvalue weighted by Crippen LogP contribution is -2.37. The molecule has 0 bridgehead atoms. The molecular weight excluding hydrogens is 407 g/mol. The molecule has 1 aliphatic heterocycles. The summed E-state index contributed by atoms with van der Waals surface area (Å²) in [5.41, 5.74) is 2.79. The number of benzene rings is 1. The monoisotopic (exact) mass is 433 g/mol. The van der Waals surface area contributed by atoms with Crippen LogP contribution in [0.2, 0.25) is 0 Å². The molecule has 1 atom stereocenters. The summed E-state index contributed by atoms with van der Waals surface area (Å²) in [6.07, 6.45) is 3.26. The molecule has 0 saturated heterocycles. The summed E-state index contributed by atoms with van der Waals surface area (Å²) in [6.45, 7) is 2.75. The van der Waals surface area contributed by atoms with E-state index in [1.54, 1.807) is 0 Å². The number of nitrogens with one attached hydrogen (secondary N) is 2. The molecule has 1 aromatic heterocycles. The number of halogens is 3. The molecule has 1 amide bonds. The highest BCUT2D eigenvalue weighted by atomic mass is 19.4. The van der Waals surface area contributed by atoms with Crippen LogP contribution < -0.4 is 5.32 Å². The van der Waals surface area contributed by atoms with Gasteiger partial charge in [0.15, 0.2) is 6.61 Å². The van der Waals surface area contributed by atoms with Gasteiger partial charge in [0.05, 0.1) is 12.8 Å². The fourth-order valence-electron chi connectivity index (χ4n) is 3.50. The molecule has 1 unspecified atom stereocenters. The summed E-state index contributed by atoms with van der Waals surface area (Å²) >= 11 is 0. The van der Waals surface area contributed by atoms with E-state index in [1.165, 1.54) is 12.3 Å². The Balaban J connectivity index is 1.54. The van der Waals surface area contributed by atoms with Crippen molar-refractivity contribution < 1.29 is 22.7 Å². The van der Waals surface area contributed by atoms with Crippen LogP contribution >= 0.6 is 0 Å². The molecule has 166 valence electrons. The Morgan fingerprint density at radius 3 is 2.94 bits per heavy atom. The van der Waals surface area contributed by atoms with Crippen LogP contribution in [0.4, 0.5) is 13.2 Å². The van der Waals surface area contributed by atoms with Crippen molar-refractivity contribution >= 4 is 23.0 Å². The molecule has 5 nitrogen and oxygen atoms in total. The summed E-state index contributed by atoms with van der Waals surface area (Å²) in [4.78, 5) is 19.9. The number of aromatic amines is 1. The van der Waals surface area contributed by atoms with Crippen LogP contribution in [0.1, 0.15) is 31.2 Å². The van der Waals surface area contributed by atoms with E-state index in [1.807, 2.05) is 30.5 Å². The van der Waals surface area contributed by atoms with Crippen LogP contribution in [-0.2, 0) is 16.0 Å². The molecule has 31 heavy (non-hydrogen) atoms. The number of aliphatic imine (C=N–C) groups is 1. The molecular formula is C23H26F3N3O2. The number of fused-ring (bicyclic) bond motifs is 1. The van der Waals surface area contributed by atoms with Crippen LogP contribution in [0, 0.1) is 0 Å². The Bertz CT molecular complexity index is 976. The first-order chi connectivity index (χ1) is 14.8. The quantitative estimate of drug-likeness (QED) is 0.683. The van der Waals surface area contributed by atoms with E-state index in [4.69, 9.17) is 4.74 Å². The SMILES string of the molecule is C=C1/C=C(OCC(F)(F)F)\C=N/CC(NC(=O)CCc2c[nH]c3ccccc23)CCC1. The van der Waals surface area contributed by atoms with Crippen molar-refractivity contribution in [3.8, 4) is 0 Å². The molecule has 2 N–H and O–H groups in total. The van der Waals surface area contributed by atoms with Crippen LogP contribution in [0.5, 0.6) is 0 Å². The average Bonchev–Trinajstić information content (AvgIpc) is 3.12. The predicted octanol–water partition coefficient (Wildman–Crippen LogP) is 4.86. The number of carbonyl (C=O) groups excluding carboxylic acids is 1. The number of rotatable bonds is 6. The highest BCUT2D eigenvalue weighted by Gasteiger charge is 2.28. The minimum Gasteiger partial charge on any atom is -0.483 e. The maximum absolute atomic E-state index is 12.5. The van der Waals surface area contributed by atoms with E-state index >= 15 is 0 Å². The predicted molar refractivity (Wildman–Crippen MR) is 115 cm³/mol. The Morgan fingerprint density at radius 2 is 2.13 bits per heavy atom. The number of carbonyl (C=O) groups is 1. The van der Waals surface area contributed by atoms with Crippen molar-refractivity contribution in [2.45, 2.75) is 44.3 Å². The first-order valence-electron chi connectivity index (χ1n) is 10.2. The van der Waals surface area contributed by atoms with Gasteiger partial charge in [-0.3, -0.25) is 9.79 Å². The van der Waals surface area contributed by atoms with Crippen LogP contribution in [0.25, 0.3) is 10.9 Å². The lowest BCUT2D eigenvalue weighted by Gasteiger charge is -2.18. The number of nitrogens with zero attached hydrogens (tertiary/aromatic N) is 1. The van der Waals surface area contributed by atoms with Gasteiger partial charge < -0.3 is 15.0 Å². The number of alkyl halides is 3.